The van der Waals surface area contributed by atoms with Crippen LogP contribution in [-0.4, -0.2) is 12.9 Å². The van der Waals surface area contributed by atoms with Crippen molar-refractivity contribution >= 4 is 27.8 Å². The SMILES string of the molecule is COc1ccc(Br)cc1/C=C1\Oc2c(ccc(OCc3ccccc3F)c2C)C1=O. The number of benzene rings is 3. The molecular formula is C24H18BrFO4. The number of allylic oxidation sites excluding steroid dienone is 1. The van der Waals surface area contributed by atoms with E-state index in [-0.39, 0.29) is 24.0 Å². The maximum atomic E-state index is 13.8. The number of carbonyl (C=O) groups excluding carboxylic acids is 1. The van der Waals surface area contributed by atoms with E-state index in [1.165, 1.54) is 6.07 Å². The summed E-state index contributed by atoms with van der Waals surface area (Å²) in [6, 6.07) is 15.3. The molecule has 3 aromatic carbocycles. The third-order valence-electron chi connectivity index (χ3n) is 4.86. The molecule has 6 heteroatoms. The van der Waals surface area contributed by atoms with Crippen molar-refractivity contribution in [2.75, 3.05) is 7.11 Å². The van der Waals surface area contributed by atoms with Crippen molar-refractivity contribution in [2.45, 2.75) is 13.5 Å². The van der Waals surface area contributed by atoms with Gasteiger partial charge in [-0.2, -0.15) is 0 Å². The summed E-state index contributed by atoms with van der Waals surface area (Å²) in [5, 5.41) is 0. The number of methoxy groups -OCH3 is 1. The highest BCUT2D eigenvalue weighted by Crippen LogP contribution is 2.40. The molecule has 4 nitrogen and oxygen atoms in total. The van der Waals surface area contributed by atoms with Crippen molar-refractivity contribution in [1.82, 2.24) is 0 Å². The van der Waals surface area contributed by atoms with Gasteiger partial charge in [0.1, 0.15) is 29.7 Å². The number of halogens is 2. The molecule has 0 radical (unpaired) electrons. The summed E-state index contributed by atoms with van der Waals surface area (Å²) in [6.45, 7) is 1.89. The Kier molecular flexibility index (Phi) is 5.59. The molecule has 0 N–H and O–H groups in total. The van der Waals surface area contributed by atoms with E-state index in [9.17, 15) is 9.18 Å². The van der Waals surface area contributed by atoms with Crippen LogP contribution in [0.25, 0.3) is 6.08 Å². The first kappa shape index (κ1) is 20.2. The number of Topliss-reactive ketones (excluding diaryl/α,β-unsaturated/α-hetero) is 1. The first-order valence-electron chi connectivity index (χ1n) is 9.25. The van der Waals surface area contributed by atoms with Gasteiger partial charge in [-0.25, -0.2) is 4.39 Å². The highest BCUT2D eigenvalue weighted by molar-refractivity contribution is 9.10. The number of rotatable bonds is 5. The molecule has 0 fully saturated rings. The van der Waals surface area contributed by atoms with Crippen molar-refractivity contribution < 1.29 is 23.4 Å². The lowest BCUT2D eigenvalue weighted by Gasteiger charge is -2.12. The number of carbonyl (C=O) groups is 1. The van der Waals surface area contributed by atoms with E-state index in [0.29, 0.717) is 33.9 Å². The molecule has 0 bridgehead atoms. The zero-order valence-corrected chi connectivity index (χ0v) is 18.0. The Balaban J connectivity index is 1.61. The number of ether oxygens (including phenoxy) is 3. The van der Waals surface area contributed by atoms with E-state index in [2.05, 4.69) is 15.9 Å². The molecule has 152 valence electrons. The van der Waals surface area contributed by atoms with E-state index in [4.69, 9.17) is 14.2 Å². The number of fused-ring (bicyclic) bond motifs is 1. The van der Waals surface area contributed by atoms with Gasteiger partial charge in [0.2, 0.25) is 5.78 Å². The Bertz CT molecular complexity index is 1170. The Morgan fingerprint density at radius 1 is 1.10 bits per heavy atom. The van der Waals surface area contributed by atoms with Crippen LogP contribution in [0.5, 0.6) is 17.2 Å². The average molecular weight is 469 g/mol. The van der Waals surface area contributed by atoms with E-state index in [1.54, 1.807) is 43.5 Å². The molecule has 0 aromatic heterocycles. The second-order valence-corrected chi connectivity index (χ2v) is 7.69. The highest BCUT2D eigenvalue weighted by atomic mass is 79.9. The van der Waals surface area contributed by atoms with Crippen LogP contribution >= 0.6 is 15.9 Å². The highest BCUT2D eigenvalue weighted by Gasteiger charge is 2.30. The van der Waals surface area contributed by atoms with Crippen LogP contribution in [0, 0.1) is 12.7 Å². The third-order valence-corrected chi connectivity index (χ3v) is 5.35. The van der Waals surface area contributed by atoms with Crippen molar-refractivity contribution in [3.05, 3.63) is 92.9 Å². The lowest BCUT2D eigenvalue weighted by Crippen LogP contribution is -2.00. The molecule has 30 heavy (non-hydrogen) atoms. The molecule has 1 aliphatic heterocycles. The van der Waals surface area contributed by atoms with Gasteiger partial charge in [0.05, 0.1) is 12.7 Å². The first-order chi connectivity index (χ1) is 14.5. The van der Waals surface area contributed by atoms with Gasteiger partial charge in [0.25, 0.3) is 0 Å². The number of hydrogen-bond donors (Lipinski definition) is 0. The molecule has 1 aliphatic rings. The molecule has 0 amide bonds. The summed E-state index contributed by atoms with van der Waals surface area (Å²) in [5.74, 6) is 1.28. The van der Waals surface area contributed by atoms with Gasteiger partial charge < -0.3 is 14.2 Å². The Labute approximate surface area is 182 Å². The minimum Gasteiger partial charge on any atom is -0.496 e. The molecule has 0 saturated carbocycles. The Morgan fingerprint density at radius 2 is 1.87 bits per heavy atom. The van der Waals surface area contributed by atoms with Crippen molar-refractivity contribution in [1.29, 1.82) is 0 Å². The molecule has 0 spiro atoms. The summed E-state index contributed by atoms with van der Waals surface area (Å²) in [6.07, 6.45) is 1.66. The van der Waals surface area contributed by atoms with Gasteiger partial charge in [-0.3, -0.25) is 4.79 Å². The minimum atomic E-state index is -0.323. The molecule has 3 aromatic rings. The van der Waals surface area contributed by atoms with Crippen molar-refractivity contribution in [3.8, 4) is 17.2 Å². The van der Waals surface area contributed by atoms with Crippen LogP contribution < -0.4 is 14.2 Å². The predicted molar refractivity (Wildman–Crippen MR) is 116 cm³/mol. The summed E-state index contributed by atoms with van der Waals surface area (Å²) in [7, 11) is 1.57. The quantitative estimate of drug-likeness (QED) is 0.424. The summed E-state index contributed by atoms with van der Waals surface area (Å²) < 4.78 is 31.8. The van der Waals surface area contributed by atoms with Crippen molar-refractivity contribution in [2.24, 2.45) is 0 Å². The van der Waals surface area contributed by atoms with Crippen LogP contribution in [-0.2, 0) is 6.61 Å². The van der Waals surface area contributed by atoms with Gasteiger partial charge in [-0.15, -0.1) is 0 Å². The fourth-order valence-corrected chi connectivity index (χ4v) is 3.63. The normalized spacial score (nSPS) is 13.9. The number of ketones is 1. The standard InChI is InChI=1S/C24H18BrFO4/c1-14-20(29-13-15-5-3-4-6-19(15)26)10-8-18-23(27)22(30-24(14)18)12-16-11-17(25)7-9-21(16)28-2/h3-12H,13H2,1-2H3/b22-12-. The molecule has 4 rings (SSSR count). The van der Waals surface area contributed by atoms with E-state index in [1.807, 2.05) is 25.1 Å². The fraction of sp³-hybridized carbons (Fsp3) is 0.125. The molecule has 0 saturated heterocycles. The van der Waals surface area contributed by atoms with Gasteiger partial charge in [-0.05, 0) is 49.4 Å². The molecule has 1 heterocycles. The maximum absolute atomic E-state index is 13.8. The fourth-order valence-electron chi connectivity index (χ4n) is 3.25. The van der Waals surface area contributed by atoms with Crippen LogP contribution in [0.1, 0.15) is 27.0 Å². The molecular weight excluding hydrogens is 451 g/mol. The van der Waals surface area contributed by atoms with Gasteiger partial charge in [0, 0.05) is 21.2 Å². The maximum Gasteiger partial charge on any atom is 0.231 e. The average Bonchev–Trinajstić information content (AvgIpc) is 3.05. The summed E-state index contributed by atoms with van der Waals surface area (Å²) in [5.41, 5.74) is 2.32. The smallest absolute Gasteiger partial charge is 0.231 e. The van der Waals surface area contributed by atoms with Crippen molar-refractivity contribution in [3.63, 3.8) is 0 Å². The Hall–Kier alpha value is -3.12. The zero-order chi connectivity index (χ0) is 21.3. The van der Waals surface area contributed by atoms with Gasteiger partial charge in [0.15, 0.2) is 5.76 Å². The van der Waals surface area contributed by atoms with Crippen LogP contribution in [0.3, 0.4) is 0 Å². The lowest BCUT2D eigenvalue weighted by atomic mass is 10.1. The second kappa shape index (κ2) is 8.32. The van der Waals surface area contributed by atoms with E-state index >= 15 is 0 Å². The van der Waals surface area contributed by atoms with Crippen LogP contribution in [0.4, 0.5) is 4.39 Å². The van der Waals surface area contributed by atoms with Crippen LogP contribution in [0.15, 0.2) is 64.8 Å². The van der Waals surface area contributed by atoms with Gasteiger partial charge in [-0.1, -0.05) is 34.1 Å². The first-order valence-corrected chi connectivity index (χ1v) is 10.0. The van der Waals surface area contributed by atoms with Crippen LogP contribution in [0.2, 0.25) is 0 Å². The summed E-state index contributed by atoms with van der Waals surface area (Å²) >= 11 is 3.43. The number of hydrogen-bond acceptors (Lipinski definition) is 4. The zero-order valence-electron chi connectivity index (χ0n) is 16.4. The third kappa shape index (κ3) is 3.83. The Morgan fingerprint density at radius 3 is 2.63 bits per heavy atom. The monoisotopic (exact) mass is 468 g/mol. The summed E-state index contributed by atoms with van der Waals surface area (Å²) in [4.78, 5) is 12.8. The molecule has 0 unspecified atom stereocenters. The molecule has 0 aliphatic carbocycles. The predicted octanol–water partition coefficient (Wildman–Crippen LogP) is 6.10. The molecule has 0 atom stereocenters. The minimum absolute atomic E-state index is 0.0815. The lowest BCUT2D eigenvalue weighted by molar-refractivity contribution is 0.101. The topological polar surface area (TPSA) is 44.8 Å². The second-order valence-electron chi connectivity index (χ2n) is 6.77. The van der Waals surface area contributed by atoms with Gasteiger partial charge >= 0.3 is 0 Å². The van der Waals surface area contributed by atoms with E-state index in [0.717, 1.165) is 10.0 Å². The van der Waals surface area contributed by atoms with E-state index < -0.39 is 0 Å². The largest absolute Gasteiger partial charge is 0.496 e.